The van der Waals surface area contributed by atoms with E-state index < -0.39 is 97.5 Å². The maximum atomic E-state index is 13.1. The lowest BCUT2D eigenvalue weighted by Crippen LogP contribution is -2.30. The Kier molecular flexibility index (Phi) is 71.9. The Balaban J connectivity index is 5.25. The standard InChI is InChI=1S/C79H154O17P2/c1-5-9-13-17-21-25-29-33-35-36-37-38-42-46-50-54-58-62-66-79(84)96-75(70-90-77(82)64-60-56-52-48-44-41-34-30-26-22-18-14-10-6-2)72-94-98(87,88)92-68-73(80)67-91-97(85,86)93-71-74(95-78(83)65-61-57-53-49-45-40-32-28-24-20-16-12-8-4)69-89-76(81)63-59-55-51-47-43-39-31-27-23-19-15-11-7-3/h73-75,80H,5-72H2,1-4H3,(H,85,86)(H,87,88)/t73-,74+,75+/m0/s1. The van der Waals surface area contributed by atoms with Gasteiger partial charge in [-0.15, -0.1) is 0 Å². The Morgan fingerprint density at radius 3 is 0.602 bits per heavy atom. The number of carbonyl (C=O) groups excluding carboxylic acids is 4. The largest absolute Gasteiger partial charge is 0.472 e. The van der Waals surface area contributed by atoms with Crippen molar-refractivity contribution in [3.63, 3.8) is 0 Å². The predicted molar refractivity (Wildman–Crippen MR) is 400 cm³/mol. The zero-order valence-corrected chi connectivity index (χ0v) is 65.6. The highest BCUT2D eigenvalue weighted by molar-refractivity contribution is 7.47. The highest BCUT2D eigenvalue weighted by Crippen LogP contribution is 2.45. The summed E-state index contributed by atoms with van der Waals surface area (Å²) in [6.45, 7) is 5.02. The number of phosphoric ester groups is 2. The molecule has 0 heterocycles. The van der Waals surface area contributed by atoms with Gasteiger partial charge in [0.25, 0.3) is 0 Å². The second kappa shape index (κ2) is 73.4. The summed E-state index contributed by atoms with van der Waals surface area (Å²) >= 11 is 0. The number of hydrogen-bond donors (Lipinski definition) is 3. The molecule has 0 amide bonds. The van der Waals surface area contributed by atoms with Crippen molar-refractivity contribution in [2.24, 2.45) is 0 Å². The lowest BCUT2D eigenvalue weighted by molar-refractivity contribution is -0.161. The Hall–Kier alpha value is -1.94. The second-order valence-corrected chi connectivity index (χ2v) is 31.4. The lowest BCUT2D eigenvalue weighted by atomic mass is 10.0. The molecule has 0 aliphatic rings. The molecule has 3 N–H and O–H groups in total. The molecule has 17 nitrogen and oxygen atoms in total. The predicted octanol–water partition coefficient (Wildman–Crippen LogP) is 23.8. The van der Waals surface area contributed by atoms with Crippen molar-refractivity contribution < 1.29 is 80.2 Å². The Morgan fingerprint density at radius 1 is 0.245 bits per heavy atom. The van der Waals surface area contributed by atoms with Crippen LogP contribution in [0.3, 0.4) is 0 Å². The molecule has 0 aromatic heterocycles. The third-order valence-electron chi connectivity index (χ3n) is 18.6. The fourth-order valence-electron chi connectivity index (χ4n) is 12.3. The van der Waals surface area contributed by atoms with Crippen molar-refractivity contribution >= 4 is 39.5 Å². The Labute approximate surface area is 600 Å². The molecule has 0 aromatic rings. The van der Waals surface area contributed by atoms with Gasteiger partial charge in [-0.05, 0) is 25.7 Å². The molecule has 5 atom stereocenters. The van der Waals surface area contributed by atoms with Crippen LogP contribution in [-0.4, -0.2) is 96.7 Å². The number of unbranched alkanes of at least 4 members (excludes halogenated alkanes) is 54. The van der Waals surface area contributed by atoms with E-state index in [4.69, 9.17) is 37.0 Å². The number of carbonyl (C=O) groups is 4. The number of rotatable bonds is 80. The van der Waals surface area contributed by atoms with Gasteiger partial charge in [0.1, 0.15) is 19.3 Å². The zero-order chi connectivity index (χ0) is 71.8. The quantitative estimate of drug-likeness (QED) is 0.0222. The number of phosphoric acid groups is 2. The molecule has 0 radical (unpaired) electrons. The molecule has 0 saturated heterocycles. The van der Waals surface area contributed by atoms with Crippen LogP contribution in [-0.2, 0) is 65.4 Å². The van der Waals surface area contributed by atoms with Crippen LogP contribution in [0, 0.1) is 0 Å². The van der Waals surface area contributed by atoms with Gasteiger partial charge in [0.2, 0.25) is 0 Å². The molecule has 98 heavy (non-hydrogen) atoms. The normalized spacial score (nSPS) is 13.8. The Morgan fingerprint density at radius 2 is 0.408 bits per heavy atom. The molecule has 0 bridgehead atoms. The van der Waals surface area contributed by atoms with Crippen LogP contribution >= 0.6 is 15.6 Å². The summed E-state index contributed by atoms with van der Waals surface area (Å²) in [6.07, 6.45) is 65.0. The molecular formula is C79H154O17P2. The number of hydrogen-bond acceptors (Lipinski definition) is 15. The van der Waals surface area contributed by atoms with E-state index >= 15 is 0 Å². The second-order valence-electron chi connectivity index (χ2n) is 28.5. The summed E-state index contributed by atoms with van der Waals surface area (Å²) in [5.74, 6) is -2.10. The van der Waals surface area contributed by atoms with Gasteiger partial charge in [0, 0.05) is 25.7 Å². The first-order valence-electron chi connectivity index (χ1n) is 41.3. The van der Waals surface area contributed by atoms with Gasteiger partial charge in [0.05, 0.1) is 26.4 Å². The number of ether oxygens (including phenoxy) is 4. The van der Waals surface area contributed by atoms with Crippen LogP contribution in [0.5, 0.6) is 0 Å². The van der Waals surface area contributed by atoms with E-state index in [2.05, 4.69) is 27.7 Å². The van der Waals surface area contributed by atoms with Crippen molar-refractivity contribution in [2.75, 3.05) is 39.6 Å². The maximum absolute atomic E-state index is 13.1. The monoisotopic (exact) mass is 1440 g/mol. The fraction of sp³-hybridized carbons (Fsp3) is 0.949. The van der Waals surface area contributed by atoms with Gasteiger partial charge < -0.3 is 33.8 Å². The van der Waals surface area contributed by atoms with Crippen LogP contribution in [0.15, 0.2) is 0 Å². The minimum Gasteiger partial charge on any atom is -0.462 e. The maximum Gasteiger partial charge on any atom is 0.472 e. The zero-order valence-electron chi connectivity index (χ0n) is 63.8. The molecule has 19 heteroatoms. The highest BCUT2D eigenvalue weighted by atomic mass is 31.2. The van der Waals surface area contributed by atoms with E-state index in [0.29, 0.717) is 25.7 Å². The van der Waals surface area contributed by atoms with Crippen LogP contribution in [0.4, 0.5) is 0 Å². The van der Waals surface area contributed by atoms with Gasteiger partial charge >= 0.3 is 39.5 Å². The first-order chi connectivity index (χ1) is 47.7. The van der Waals surface area contributed by atoms with E-state index in [0.717, 1.165) is 89.9 Å². The SMILES string of the molecule is CCCCCCCCCCCCCCCCCCCCC(=O)O[C@H](COC(=O)CCCCCCCCCCCCCCCC)COP(=O)(O)OC[C@@H](O)COP(=O)(O)OC[C@@H](COC(=O)CCCCCCCCCCCCCCC)OC(=O)CCCCCCCCCCCCCCC. The van der Waals surface area contributed by atoms with Gasteiger partial charge in [-0.3, -0.25) is 37.3 Å². The van der Waals surface area contributed by atoms with Crippen molar-refractivity contribution in [2.45, 2.75) is 444 Å². The summed E-state index contributed by atoms with van der Waals surface area (Å²) in [7, 11) is -9.91. The summed E-state index contributed by atoms with van der Waals surface area (Å²) in [4.78, 5) is 73.0. The third kappa shape index (κ3) is 72.4. The number of aliphatic hydroxyl groups is 1. The van der Waals surface area contributed by atoms with Crippen LogP contribution in [0.25, 0.3) is 0 Å². The van der Waals surface area contributed by atoms with Crippen LogP contribution < -0.4 is 0 Å². The average molecular weight is 1440 g/mol. The minimum atomic E-state index is -4.96. The van der Waals surface area contributed by atoms with E-state index in [1.54, 1.807) is 0 Å². The van der Waals surface area contributed by atoms with Crippen molar-refractivity contribution in [1.29, 1.82) is 0 Å². The van der Waals surface area contributed by atoms with Gasteiger partial charge in [-0.25, -0.2) is 9.13 Å². The van der Waals surface area contributed by atoms with Crippen molar-refractivity contribution in [1.82, 2.24) is 0 Å². The molecule has 0 spiro atoms. The topological polar surface area (TPSA) is 237 Å². The summed E-state index contributed by atoms with van der Waals surface area (Å²) in [5.41, 5.74) is 0. The highest BCUT2D eigenvalue weighted by Gasteiger charge is 2.30. The van der Waals surface area contributed by atoms with Crippen molar-refractivity contribution in [3.8, 4) is 0 Å². The van der Waals surface area contributed by atoms with Gasteiger partial charge in [-0.1, -0.05) is 374 Å². The van der Waals surface area contributed by atoms with Gasteiger partial charge in [-0.2, -0.15) is 0 Å². The van der Waals surface area contributed by atoms with E-state index in [9.17, 15) is 43.2 Å². The Bertz CT molecular complexity index is 1860. The first-order valence-corrected chi connectivity index (χ1v) is 44.3. The molecule has 0 aromatic carbocycles. The molecule has 0 aliphatic heterocycles. The summed E-state index contributed by atoms with van der Waals surface area (Å²) < 4.78 is 68.7. The lowest BCUT2D eigenvalue weighted by Gasteiger charge is -2.21. The van der Waals surface area contributed by atoms with E-state index in [1.807, 2.05) is 0 Å². The average Bonchev–Trinajstić information content (AvgIpc) is 0.973. The molecule has 0 aliphatic carbocycles. The van der Waals surface area contributed by atoms with Crippen LogP contribution in [0.1, 0.15) is 426 Å². The first kappa shape index (κ1) is 96.1. The molecule has 2 unspecified atom stereocenters. The van der Waals surface area contributed by atoms with Gasteiger partial charge in [0.15, 0.2) is 12.2 Å². The molecular weight excluding hydrogens is 1280 g/mol. The number of esters is 4. The van der Waals surface area contributed by atoms with Crippen molar-refractivity contribution in [3.05, 3.63) is 0 Å². The molecule has 582 valence electrons. The third-order valence-corrected chi connectivity index (χ3v) is 20.5. The smallest absolute Gasteiger partial charge is 0.462 e. The summed E-state index contributed by atoms with van der Waals surface area (Å²) in [6, 6.07) is 0. The number of aliphatic hydroxyl groups excluding tert-OH is 1. The molecule has 0 fully saturated rings. The van der Waals surface area contributed by atoms with E-state index in [-0.39, 0.29) is 25.7 Å². The van der Waals surface area contributed by atoms with E-state index in [1.165, 1.54) is 257 Å². The molecule has 0 rings (SSSR count). The molecule has 0 saturated carbocycles. The minimum absolute atomic E-state index is 0.109. The van der Waals surface area contributed by atoms with Crippen LogP contribution in [0.2, 0.25) is 0 Å². The fourth-order valence-corrected chi connectivity index (χ4v) is 13.9. The summed E-state index contributed by atoms with van der Waals surface area (Å²) in [5, 5.41) is 10.6.